The monoisotopic (exact) mass is 219 g/mol. The molecule has 1 aliphatic heterocycles. The zero-order chi connectivity index (χ0) is 11.6. The summed E-state index contributed by atoms with van der Waals surface area (Å²) in [5, 5.41) is 0. The molecule has 1 fully saturated rings. The van der Waals surface area contributed by atoms with E-state index in [1.807, 2.05) is 0 Å². The molecule has 0 radical (unpaired) electrons. The second-order valence-corrected chi connectivity index (χ2v) is 5.65. The number of nitrogens with zero attached hydrogens (tertiary/aromatic N) is 1. The molecule has 2 nitrogen and oxygen atoms in total. The summed E-state index contributed by atoms with van der Waals surface area (Å²) < 4.78 is 5.83. The van der Waals surface area contributed by atoms with E-state index < -0.39 is 0 Å². The van der Waals surface area contributed by atoms with Gasteiger partial charge in [-0.05, 0) is 11.0 Å². The maximum Gasteiger partial charge on any atom is 0.0998 e. The van der Waals surface area contributed by atoms with Crippen molar-refractivity contribution in [2.45, 2.75) is 33.4 Å². The molecule has 1 heterocycles. The summed E-state index contributed by atoms with van der Waals surface area (Å²) in [4.78, 5) is 2.37. The molecule has 2 heteroatoms. The zero-order valence-corrected chi connectivity index (χ0v) is 10.4. The van der Waals surface area contributed by atoms with Crippen LogP contribution in [0.5, 0.6) is 0 Å². The lowest BCUT2D eigenvalue weighted by atomic mass is 9.89. The number of hydrogen-bond acceptors (Lipinski definition) is 2. The van der Waals surface area contributed by atoms with Crippen molar-refractivity contribution in [2.75, 3.05) is 13.3 Å². The first kappa shape index (κ1) is 11.6. The highest BCUT2D eigenvalue weighted by molar-refractivity contribution is 5.14. The third kappa shape index (κ3) is 2.83. The third-order valence-electron chi connectivity index (χ3n) is 3.10. The highest BCUT2D eigenvalue weighted by Gasteiger charge is 2.32. The van der Waals surface area contributed by atoms with Gasteiger partial charge in [-0.3, -0.25) is 4.90 Å². The van der Waals surface area contributed by atoms with Crippen LogP contribution in [0.1, 0.15) is 26.3 Å². The van der Waals surface area contributed by atoms with Crippen LogP contribution in [0.2, 0.25) is 0 Å². The summed E-state index contributed by atoms with van der Waals surface area (Å²) in [7, 11) is 0. The molecule has 0 aromatic heterocycles. The summed E-state index contributed by atoms with van der Waals surface area (Å²) >= 11 is 0. The van der Waals surface area contributed by atoms with E-state index in [0.29, 0.717) is 6.10 Å². The van der Waals surface area contributed by atoms with Gasteiger partial charge in [0.25, 0.3) is 0 Å². The quantitative estimate of drug-likeness (QED) is 0.758. The predicted octanol–water partition coefficient (Wildman–Crippen LogP) is 2.89. The van der Waals surface area contributed by atoms with Crippen molar-refractivity contribution in [2.24, 2.45) is 5.41 Å². The molecule has 0 N–H and O–H groups in total. The molecule has 1 atom stereocenters. The molecular weight excluding hydrogens is 198 g/mol. The molecule has 0 aliphatic carbocycles. The van der Waals surface area contributed by atoms with Crippen LogP contribution in [0.15, 0.2) is 30.3 Å². The van der Waals surface area contributed by atoms with Crippen LogP contribution in [-0.2, 0) is 11.3 Å². The Labute approximate surface area is 98.2 Å². The van der Waals surface area contributed by atoms with Crippen LogP contribution in [0.25, 0.3) is 0 Å². The fraction of sp³-hybridized carbons (Fsp3) is 0.571. The van der Waals surface area contributed by atoms with Crippen LogP contribution in [0.4, 0.5) is 0 Å². The summed E-state index contributed by atoms with van der Waals surface area (Å²) in [5.41, 5.74) is 1.60. The van der Waals surface area contributed by atoms with Gasteiger partial charge in [0.1, 0.15) is 0 Å². The average molecular weight is 219 g/mol. The Kier molecular flexibility index (Phi) is 3.31. The van der Waals surface area contributed by atoms with Gasteiger partial charge in [-0.25, -0.2) is 0 Å². The minimum Gasteiger partial charge on any atom is -0.361 e. The Morgan fingerprint density at radius 2 is 1.94 bits per heavy atom. The molecule has 0 bridgehead atoms. The van der Waals surface area contributed by atoms with Crippen molar-refractivity contribution in [3.05, 3.63) is 35.9 Å². The van der Waals surface area contributed by atoms with Gasteiger partial charge in [-0.15, -0.1) is 0 Å². The predicted molar refractivity (Wildman–Crippen MR) is 66.0 cm³/mol. The van der Waals surface area contributed by atoms with Crippen molar-refractivity contribution in [1.82, 2.24) is 4.90 Å². The van der Waals surface area contributed by atoms with E-state index in [2.05, 4.69) is 56.0 Å². The van der Waals surface area contributed by atoms with Crippen LogP contribution in [0, 0.1) is 5.41 Å². The first-order valence-electron chi connectivity index (χ1n) is 5.93. The second-order valence-electron chi connectivity index (χ2n) is 5.65. The highest BCUT2D eigenvalue weighted by Crippen LogP contribution is 2.27. The number of ether oxygens (including phenoxy) is 1. The second kappa shape index (κ2) is 4.56. The molecule has 0 spiro atoms. The summed E-state index contributed by atoms with van der Waals surface area (Å²) in [6.07, 6.45) is 0.358. The molecular formula is C14H21NO. The van der Waals surface area contributed by atoms with Gasteiger partial charge in [0.05, 0.1) is 12.8 Å². The molecule has 1 aromatic carbocycles. The molecule has 1 unspecified atom stereocenters. The largest absolute Gasteiger partial charge is 0.361 e. The number of benzene rings is 1. The van der Waals surface area contributed by atoms with Gasteiger partial charge in [0.2, 0.25) is 0 Å². The first-order chi connectivity index (χ1) is 7.55. The molecule has 1 aliphatic rings. The van der Waals surface area contributed by atoms with E-state index in [1.54, 1.807) is 0 Å². The molecule has 1 aromatic rings. The minimum absolute atomic E-state index is 0.242. The van der Waals surface area contributed by atoms with E-state index in [1.165, 1.54) is 5.56 Å². The Hall–Kier alpha value is -0.860. The Morgan fingerprint density at radius 3 is 2.50 bits per heavy atom. The van der Waals surface area contributed by atoms with Gasteiger partial charge in [0, 0.05) is 13.1 Å². The van der Waals surface area contributed by atoms with Crippen molar-refractivity contribution in [3.63, 3.8) is 0 Å². The van der Waals surface area contributed by atoms with E-state index in [-0.39, 0.29) is 5.41 Å². The lowest BCUT2D eigenvalue weighted by molar-refractivity contribution is 0.0257. The lowest BCUT2D eigenvalue weighted by Gasteiger charge is -2.25. The zero-order valence-electron chi connectivity index (χ0n) is 10.4. The molecule has 2 rings (SSSR count). The fourth-order valence-electron chi connectivity index (χ4n) is 2.01. The first-order valence-corrected chi connectivity index (χ1v) is 5.93. The van der Waals surface area contributed by atoms with Crippen LogP contribution < -0.4 is 0 Å². The van der Waals surface area contributed by atoms with E-state index in [0.717, 1.165) is 19.8 Å². The molecule has 16 heavy (non-hydrogen) atoms. The Bertz CT molecular complexity index is 328. The SMILES string of the molecule is CC(C)(C)C1CN(Cc2ccccc2)CO1. The third-order valence-corrected chi connectivity index (χ3v) is 3.10. The number of hydrogen-bond donors (Lipinski definition) is 0. The van der Waals surface area contributed by atoms with Crippen LogP contribution in [-0.4, -0.2) is 24.3 Å². The smallest absolute Gasteiger partial charge is 0.0998 e. The molecule has 0 saturated carbocycles. The standard InChI is InChI=1S/C14H21NO/c1-14(2,3)13-10-15(11-16-13)9-12-7-5-4-6-8-12/h4-8,13H,9-11H2,1-3H3. The van der Waals surface area contributed by atoms with Crippen molar-refractivity contribution < 1.29 is 4.74 Å². The number of rotatable bonds is 2. The highest BCUT2D eigenvalue weighted by atomic mass is 16.5. The maximum absolute atomic E-state index is 5.83. The molecule has 0 amide bonds. The Morgan fingerprint density at radius 1 is 1.25 bits per heavy atom. The van der Waals surface area contributed by atoms with E-state index >= 15 is 0 Å². The molecule has 88 valence electrons. The average Bonchev–Trinajstić information content (AvgIpc) is 2.67. The summed E-state index contributed by atoms with van der Waals surface area (Å²) in [5.74, 6) is 0. The van der Waals surface area contributed by atoms with Crippen molar-refractivity contribution in [1.29, 1.82) is 0 Å². The van der Waals surface area contributed by atoms with E-state index in [4.69, 9.17) is 4.74 Å². The molecule has 1 saturated heterocycles. The van der Waals surface area contributed by atoms with Crippen LogP contribution in [0.3, 0.4) is 0 Å². The fourth-order valence-corrected chi connectivity index (χ4v) is 2.01. The van der Waals surface area contributed by atoms with Crippen molar-refractivity contribution >= 4 is 0 Å². The summed E-state index contributed by atoms with van der Waals surface area (Å²) in [6.45, 7) is 9.51. The topological polar surface area (TPSA) is 12.5 Å². The van der Waals surface area contributed by atoms with Crippen molar-refractivity contribution in [3.8, 4) is 0 Å². The van der Waals surface area contributed by atoms with Gasteiger partial charge < -0.3 is 4.74 Å². The Balaban J connectivity index is 1.91. The minimum atomic E-state index is 0.242. The van der Waals surface area contributed by atoms with Gasteiger partial charge in [-0.2, -0.15) is 0 Å². The summed E-state index contributed by atoms with van der Waals surface area (Å²) in [6, 6.07) is 10.6. The van der Waals surface area contributed by atoms with Gasteiger partial charge in [-0.1, -0.05) is 51.1 Å². The lowest BCUT2D eigenvalue weighted by Crippen LogP contribution is -2.30. The van der Waals surface area contributed by atoms with Crippen LogP contribution >= 0.6 is 0 Å². The normalized spacial score (nSPS) is 22.6. The van der Waals surface area contributed by atoms with Gasteiger partial charge >= 0.3 is 0 Å². The van der Waals surface area contributed by atoms with Gasteiger partial charge in [0.15, 0.2) is 0 Å². The maximum atomic E-state index is 5.83. The van der Waals surface area contributed by atoms with E-state index in [9.17, 15) is 0 Å².